The van der Waals surface area contributed by atoms with Gasteiger partial charge < -0.3 is 9.32 Å². The second-order valence-electron chi connectivity index (χ2n) is 6.10. The fourth-order valence-corrected chi connectivity index (χ4v) is 3.19. The third-order valence-corrected chi connectivity index (χ3v) is 5.14. The number of furan rings is 1. The van der Waals surface area contributed by atoms with Gasteiger partial charge in [-0.2, -0.15) is 0 Å². The number of hydrogen-bond acceptors (Lipinski definition) is 4. The molecule has 1 aromatic heterocycles. The van der Waals surface area contributed by atoms with Crippen molar-refractivity contribution in [2.45, 2.75) is 18.4 Å². The number of carbonyl (C=O) groups excluding carboxylic acids is 1. The van der Waals surface area contributed by atoms with Gasteiger partial charge in [-0.3, -0.25) is 4.79 Å². The van der Waals surface area contributed by atoms with Gasteiger partial charge in [-0.1, -0.05) is 17.7 Å². The van der Waals surface area contributed by atoms with Crippen molar-refractivity contribution < 1.29 is 17.6 Å². The maximum absolute atomic E-state index is 13.1. The lowest BCUT2D eigenvalue weighted by molar-refractivity contribution is 0.0983. The van der Waals surface area contributed by atoms with Crippen LogP contribution in [0.4, 0.5) is 5.69 Å². The van der Waals surface area contributed by atoms with Crippen LogP contribution < -0.4 is 4.90 Å². The summed E-state index contributed by atoms with van der Waals surface area (Å²) >= 11 is 0. The van der Waals surface area contributed by atoms with Crippen LogP contribution in [0.1, 0.15) is 21.7 Å². The van der Waals surface area contributed by atoms with E-state index < -0.39 is 9.84 Å². The minimum Gasteiger partial charge on any atom is -0.467 e. The minimum absolute atomic E-state index is 0.182. The van der Waals surface area contributed by atoms with Gasteiger partial charge >= 0.3 is 0 Å². The van der Waals surface area contributed by atoms with Gasteiger partial charge in [0, 0.05) is 17.5 Å². The van der Waals surface area contributed by atoms with Crippen molar-refractivity contribution in [1.82, 2.24) is 0 Å². The molecule has 26 heavy (non-hydrogen) atoms. The molecule has 0 atom stereocenters. The van der Waals surface area contributed by atoms with Crippen molar-refractivity contribution in [3.8, 4) is 0 Å². The van der Waals surface area contributed by atoms with Crippen molar-refractivity contribution in [3.63, 3.8) is 0 Å². The summed E-state index contributed by atoms with van der Waals surface area (Å²) in [4.78, 5) is 14.8. The first-order valence-corrected chi connectivity index (χ1v) is 9.95. The number of anilines is 1. The first kappa shape index (κ1) is 17.9. The van der Waals surface area contributed by atoms with Gasteiger partial charge in [-0.15, -0.1) is 0 Å². The Morgan fingerprint density at radius 1 is 1.00 bits per heavy atom. The highest BCUT2D eigenvalue weighted by Crippen LogP contribution is 2.22. The highest BCUT2D eigenvalue weighted by molar-refractivity contribution is 7.90. The lowest BCUT2D eigenvalue weighted by atomic mass is 10.1. The average molecular weight is 369 g/mol. The zero-order chi connectivity index (χ0) is 18.7. The monoisotopic (exact) mass is 369 g/mol. The summed E-state index contributed by atoms with van der Waals surface area (Å²) in [6, 6.07) is 17.2. The fourth-order valence-electron chi connectivity index (χ4n) is 2.56. The fraction of sp³-hybridized carbons (Fsp3) is 0.150. The molecular formula is C20H19NO4S. The minimum atomic E-state index is -3.30. The molecule has 0 aliphatic heterocycles. The number of aryl methyl sites for hydroxylation is 1. The van der Waals surface area contributed by atoms with Crippen molar-refractivity contribution in [2.24, 2.45) is 0 Å². The SMILES string of the molecule is Cc1ccc(N(Cc2ccco2)C(=O)c2ccc(S(C)(=O)=O)cc2)cc1. The van der Waals surface area contributed by atoms with E-state index in [1.807, 2.05) is 31.2 Å². The summed E-state index contributed by atoms with van der Waals surface area (Å²) in [5.41, 5.74) is 2.24. The first-order valence-electron chi connectivity index (χ1n) is 8.05. The zero-order valence-electron chi connectivity index (χ0n) is 14.5. The largest absolute Gasteiger partial charge is 0.467 e. The topological polar surface area (TPSA) is 67.6 Å². The molecule has 1 heterocycles. The summed E-state index contributed by atoms with van der Waals surface area (Å²) < 4.78 is 28.6. The Hall–Kier alpha value is -2.86. The molecule has 0 aliphatic rings. The van der Waals surface area contributed by atoms with Gasteiger partial charge in [0.25, 0.3) is 5.91 Å². The van der Waals surface area contributed by atoms with Crippen LogP contribution >= 0.6 is 0 Å². The molecule has 5 nitrogen and oxygen atoms in total. The second kappa shape index (κ2) is 7.17. The molecular weight excluding hydrogens is 350 g/mol. The van der Waals surface area contributed by atoms with Crippen molar-refractivity contribution in [3.05, 3.63) is 83.8 Å². The number of sulfone groups is 1. The summed E-state index contributed by atoms with van der Waals surface area (Å²) in [6.07, 6.45) is 2.70. The Labute approximate surface area is 152 Å². The van der Waals surface area contributed by atoms with Gasteiger partial charge in [-0.05, 0) is 55.5 Å². The predicted molar refractivity (Wildman–Crippen MR) is 100.0 cm³/mol. The van der Waals surface area contributed by atoms with Gasteiger partial charge in [0.15, 0.2) is 9.84 Å². The van der Waals surface area contributed by atoms with E-state index in [0.717, 1.165) is 17.5 Å². The molecule has 1 amide bonds. The molecule has 3 rings (SSSR count). The third kappa shape index (κ3) is 4.03. The van der Waals surface area contributed by atoms with Gasteiger partial charge in [0.1, 0.15) is 5.76 Å². The zero-order valence-corrected chi connectivity index (χ0v) is 15.4. The summed E-state index contributed by atoms with van der Waals surface area (Å²) in [6.45, 7) is 2.26. The molecule has 0 bridgehead atoms. The third-order valence-electron chi connectivity index (χ3n) is 4.01. The van der Waals surface area contributed by atoms with E-state index in [2.05, 4.69) is 0 Å². The van der Waals surface area contributed by atoms with Crippen LogP contribution in [0.3, 0.4) is 0 Å². The Bertz CT molecular complexity index is 989. The van der Waals surface area contributed by atoms with Crippen LogP contribution in [0.15, 0.2) is 76.2 Å². The van der Waals surface area contributed by atoms with E-state index in [0.29, 0.717) is 11.3 Å². The smallest absolute Gasteiger partial charge is 0.258 e. The highest BCUT2D eigenvalue weighted by Gasteiger charge is 2.20. The predicted octanol–water partition coefficient (Wildman–Crippen LogP) is 3.84. The first-order chi connectivity index (χ1) is 12.3. The summed E-state index contributed by atoms with van der Waals surface area (Å²) in [5.74, 6) is 0.428. The normalized spacial score (nSPS) is 11.3. The van der Waals surface area contributed by atoms with Crippen molar-refractivity contribution in [2.75, 3.05) is 11.2 Å². The maximum atomic E-state index is 13.1. The molecule has 0 saturated heterocycles. The van der Waals surface area contributed by atoms with E-state index in [1.165, 1.54) is 24.3 Å². The number of benzene rings is 2. The van der Waals surface area contributed by atoms with E-state index in [9.17, 15) is 13.2 Å². The average Bonchev–Trinajstić information content (AvgIpc) is 3.13. The molecule has 0 aliphatic carbocycles. The van der Waals surface area contributed by atoms with Gasteiger partial charge in [0.05, 0.1) is 17.7 Å². The summed E-state index contributed by atoms with van der Waals surface area (Å²) in [7, 11) is -3.30. The number of nitrogens with zero attached hydrogens (tertiary/aromatic N) is 1. The van der Waals surface area contributed by atoms with E-state index in [1.54, 1.807) is 23.3 Å². The number of hydrogen-bond donors (Lipinski definition) is 0. The Balaban J connectivity index is 1.95. The molecule has 0 radical (unpaired) electrons. The van der Waals surface area contributed by atoms with E-state index in [4.69, 9.17) is 4.42 Å². The molecule has 0 fully saturated rings. The van der Waals surface area contributed by atoms with Crippen molar-refractivity contribution >= 4 is 21.4 Å². The van der Waals surface area contributed by atoms with Crippen LogP contribution in [0.2, 0.25) is 0 Å². The number of rotatable bonds is 5. The van der Waals surface area contributed by atoms with Crippen LogP contribution in [-0.4, -0.2) is 20.6 Å². The quantitative estimate of drug-likeness (QED) is 0.685. The summed E-state index contributed by atoms with van der Waals surface area (Å²) in [5, 5.41) is 0. The second-order valence-corrected chi connectivity index (χ2v) is 8.12. The van der Waals surface area contributed by atoms with Crippen LogP contribution in [0, 0.1) is 6.92 Å². The van der Waals surface area contributed by atoms with Crippen LogP contribution in [-0.2, 0) is 16.4 Å². The Kier molecular flexibility index (Phi) is 4.95. The molecule has 134 valence electrons. The van der Waals surface area contributed by atoms with Crippen LogP contribution in [0.5, 0.6) is 0 Å². The number of carbonyl (C=O) groups is 1. The molecule has 0 saturated carbocycles. The standard InChI is InChI=1S/C20H19NO4S/c1-15-5-9-17(10-6-15)21(14-18-4-3-13-25-18)20(22)16-7-11-19(12-8-16)26(2,23)24/h3-13H,14H2,1-2H3. The van der Waals surface area contributed by atoms with E-state index >= 15 is 0 Å². The molecule has 2 aromatic carbocycles. The number of amides is 1. The molecule has 6 heteroatoms. The molecule has 0 spiro atoms. The van der Waals surface area contributed by atoms with Crippen molar-refractivity contribution in [1.29, 1.82) is 0 Å². The lowest BCUT2D eigenvalue weighted by Crippen LogP contribution is -2.30. The van der Waals surface area contributed by atoms with E-state index in [-0.39, 0.29) is 17.3 Å². The molecule has 0 unspecified atom stereocenters. The molecule has 3 aromatic rings. The van der Waals surface area contributed by atoms with Crippen LogP contribution in [0.25, 0.3) is 0 Å². The Morgan fingerprint density at radius 3 is 2.19 bits per heavy atom. The highest BCUT2D eigenvalue weighted by atomic mass is 32.2. The maximum Gasteiger partial charge on any atom is 0.258 e. The Morgan fingerprint density at radius 2 is 1.65 bits per heavy atom. The van der Waals surface area contributed by atoms with Gasteiger partial charge in [0.2, 0.25) is 0 Å². The lowest BCUT2D eigenvalue weighted by Gasteiger charge is -2.22. The molecule has 0 N–H and O–H groups in total. The van der Waals surface area contributed by atoms with Gasteiger partial charge in [-0.25, -0.2) is 8.42 Å².